The summed E-state index contributed by atoms with van der Waals surface area (Å²) in [6.07, 6.45) is 2.92. The van der Waals surface area contributed by atoms with E-state index in [1.165, 1.54) is 12.1 Å². The number of likely N-dealkylation sites (tertiary alicyclic amines) is 1. The van der Waals surface area contributed by atoms with Gasteiger partial charge in [-0.2, -0.15) is 0 Å². The van der Waals surface area contributed by atoms with Crippen molar-refractivity contribution >= 4 is 11.9 Å². The van der Waals surface area contributed by atoms with Gasteiger partial charge in [0.05, 0.1) is 12.8 Å². The molecule has 0 bridgehead atoms. The van der Waals surface area contributed by atoms with Gasteiger partial charge < -0.3 is 20.0 Å². The highest BCUT2D eigenvalue weighted by atomic mass is 19.2. The monoisotopic (exact) mass is 391 g/mol. The lowest BCUT2D eigenvalue weighted by molar-refractivity contribution is -0.126. The summed E-state index contributed by atoms with van der Waals surface area (Å²) in [6, 6.07) is 7.30. The van der Waals surface area contributed by atoms with E-state index < -0.39 is 11.6 Å². The van der Waals surface area contributed by atoms with Gasteiger partial charge in [0.15, 0.2) is 11.6 Å². The number of hydrogen-bond donors (Lipinski definition) is 2. The van der Waals surface area contributed by atoms with Crippen LogP contribution >= 0.6 is 0 Å². The van der Waals surface area contributed by atoms with Gasteiger partial charge in [0.2, 0.25) is 5.91 Å². The average molecular weight is 391 g/mol. The van der Waals surface area contributed by atoms with Crippen LogP contribution < -0.4 is 10.6 Å². The molecule has 3 rings (SSSR count). The molecule has 2 heterocycles. The summed E-state index contributed by atoms with van der Waals surface area (Å²) in [6.45, 7) is 1.50. The van der Waals surface area contributed by atoms with E-state index in [1.54, 1.807) is 23.3 Å². The predicted molar refractivity (Wildman–Crippen MR) is 98.3 cm³/mol. The van der Waals surface area contributed by atoms with E-state index in [-0.39, 0.29) is 36.4 Å². The van der Waals surface area contributed by atoms with Crippen LogP contribution in [0.2, 0.25) is 0 Å². The van der Waals surface area contributed by atoms with Crippen molar-refractivity contribution in [2.75, 3.05) is 19.6 Å². The van der Waals surface area contributed by atoms with Gasteiger partial charge in [-0.15, -0.1) is 0 Å². The van der Waals surface area contributed by atoms with Crippen molar-refractivity contribution < 1.29 is 22.8 Å². The molecule has 1 aliphatic rings. The zero-order valence-electron chi connectivity index (χ0n) is 15.4. The van der Waals surface area contributed by atoms with E-state index in [4.69, 9.17) is 4.42 Å². The lowest BCUT2D eigenvalue weighted by Crippen LogP contribution is -2.47. The Labute approximate surface area is 161 Å². The fraction of sp³-hybridized carbons (Fsp3) is 0.400. The fourth-order valence-corrected chi connectivity index (χ4v) is 3.23. The van der Waals surface area contributed by atoms with Crippen molar-refractivity contribution in [3.05, 3.63) is 59.6 Å². The quantitative estimate of drug-likeness (QED) is 0.795. The third-order valence-electron chi connectivity index (χ3n) is 4.87. The second-order valence-corrected chi connectivity index (χ2v) is 6.75. The van der Waals surface area contributed by atoms with Gasteiger partial charge in [-0.3, -0.25) is 4.79 Å². The molecule has 1 saturated heterocycles. The molecule has 1 fully saturated rings. The normalized spacial score (nSPS) is 14.7. The minimum absolute atomic E-state index is 0.0435. The molecule has 8 heteroatoms. The number of benzene rings is 1. The first kappa shape index (κ1) is 19.9. The van der Waals surface area contributed by atoms with Crippen LogP contribution in [0.5, 0.6) is 0 Å². The van der Waals surface area contributed by atoms with Crippen LogP contribution in [-0.4, -0.2) is 36.5 Å². The van der Waals surface area contributed by atoms with Gasteiger partial charge in [0.1, 0.15) is 5.76 Å². The van der Waals surface area contributed by atoms with Gasteiger partial charge in [-0.1, -0.05) is 12.1 Å². The Morgan fingerprint density at radius 2 is 1.89 bits per heavy atom. The number of amides is 3. The molecule has 0 radical (unpaired) electrons. The maximum atomic E-state index is 13.6. The SMILES string of the molecule is O=C(NCc1ccco1)C1CCN(C(=O)NCCc2cccc(F)c2F)CC1. The summed E-state index contributed by atoms with van der Waals surface area (Å²) in [4.78, 5) is 26.1. The number of rotatable bonds is 6. The Kier molecular flexibility index (Phi) is 6.62. The molecule has 0 aliphatic carbocycles. The van der Waals surface area contributed by atoms with Crippen LogP contribution in [-0.2, 0) is 17.8 Å². The van der Waals surface area contributed by atoms with Crippen LogP contribution in [0.4, 0.5) is 13.6 Å². The van der Waals surface area contributed by atoms with E-state index in [2.05, 4.69) is 10.6 Å². The molecule has 2 N–H and O–H groups in total. The van der Waals surface area contributed by atoms with Crippen molar-refractivity contribution in [3.63, 3.8) is 0 Å². The molecule has 2 aromatic rings. The van der Waals surface area contributed by atoms with Crippen LogP contribution in [0.1, 0.15) is 24.2 Å². The van der Waals surface area contributed by atoms with Crippen LogP contribution in [0.25, 0.3) is 0 Å². The first-order valence-corrected chi connectivity index (χ1v) is 9.30. The number of nitrogens with zero attached hydrogens (tertiary/aromatic N) is 1. The number of carbonyl (C=O) groups excluding carboxylic acids is 2. The highest BCUT2D eigenvalue weighted by molar-refractivity contribution is 5.79. The second kappa shape index (κ2) is 9.34. The lowest BCUT2D eigenvalue weighted by atomic mass is 9.96. The van der Waals surface area contributed by atoms with Crippen molar-refractivity contribution in [1.82, 2.24) is 15.5 Å². The van der Waals surface area contributed by atoms with Gasteiger partial charge in [0.25, 0.3) is 0 Å². The molecule has 0 saturated carbocycles. The topological polar surface area (TPSA) is 74.6 Å². The molecule has 0 unspecified atom stereocenters. The summed E-state index contributed by atoms with van der Waals surface area (Å²) in [5, 5.41) is 5.56. The molecular formula is C20H23F2N3O3. The number of nitrogens with one attached hydrogen (secondary N) is 2. The number of halogens is 2. The molecule has 28 heavy (non-hydrogen) atoms. The highest BCUT2D eigenvalue weighted by Gasteiger charge is 2.27. The number of piperidine rings is 1. The number of furan rings is 1. The van der Waals surface area contributed by atoms with Crippen molar-refractivity contribution in [2.24, 2.45) is 5.92 Å². The average Bonchev–Trinajstić information content (AvgIpc) is 3.23. The predicted octanol–water partition coefficient (Wildman–Crippen LogP) is 2.84. The van der Waals surface area contributed by atoms with E-state index >= 15 is 0 Å². The summed E-state index contributed by atoms with van der Waals surface area (Å²) in [5.41, 5.74) is 0.229. The van der Waals surface area contributed by atoms with Crippen LogP contribution in [0.3, 0.4) is 0 Å². The maximum Gasteiger partial charge on any atom is 0.317 e. The van der Waals surface area contributed by atoms with E-state index in [1.807, 2.05) is 0 Å². The Balaban J connectivity index is 1.37. The molecule has 0 spiro atoms. The number of urea groups is 1. The number of carbonyl (C=O) groups is 2. The fourth-order valence-electron chi connectivity index (χ4n) is 3.23. The zero-order valence-corrected chi connectivity index (χ0v) is 15.4. The first-order valence-electron chi connectivity index (χ1n) is 9.30. The Morgan fingerprint density at radius 1 is 1.11 bits per heavy atom. The maximum absolute atomic E-state index is 13.6. The molecule has 1 aromatic carbocycles. The van der Waals surface area contributed by atoms with Crippen LogP contribution in [0.15, 0.2) is 41.0 Å². The largest absolute Gasteiger partial charge is 0.467 e. The molecule has 0 atom stereocenters. The summed E-state index contributed by atoms with van der Waals surface area (Å²) in [5.74, 6) is -1.26. The van der Waals surface area contributed by atoms with E-state index in [0.29, 0.717) is 38.2 Å². The summed E-state index contributed by atoms with van der Waals surface area (Å²) in [7, 11) is 0. The number of hydrogen-bond acceptors (Lipinski definition) is 3. The summed E-state index contributed by atoms with van der Waals surface area (Å²) >= 11 is 0. The molecular weight excluding hydrogens is 368 g/mol. The smallest absolute Gasteiger partial charge is 0.317 e. The molecule has 6 nitrogen and oxygen atoms in total. The van der Waals surface area contributed by atoms with Gasteiger partial charge in [0, 0.05) is 25.6 Å². The molecule has 1 aliphatic heterocycles. The Hall–Kier alpha value is -2.90. The van der Waals surface area contributed by atoms with Crippen molar-refractivity contribution in [2.45, 2.75) is 25.8 Å². The molecule has 150 valence electrons. The molecule has 3 amide bonds. The minimum atomic E-state index is -0.892. The van der Waals surface area contributed by atoms with Crippen molar-refractivity contribution in [1.29, 1.82) is 0 Å². The zero-order chi connectivity index (χ0) is 19.9. The van der Waals surface area contributed by atoms with E-state index in [0.717, 1.165) is 6.07 Å². The van der Waals surface area contributed by atoms with Crippen molar-refractivity contribution in [3.8, 4) is 0 Å². The standard InChI is InChI=1S/C20H23F2N3O3/c21-17-5-1-3-14(18(17)22)6-9-23-20(27)25-10-7-15(8-11-25)19(26)24-13-16-4-2-12-28-16/h1-5,12,15H,6-11,13H2,(H,23,27)(H,24,26). The van der Waals surface area contributed by atoms with Gasteiger partial charge >= 0.3 is 6.03 Å². The lowest BCUT2D eigenvalue weighted by Gasteiger charge is -2.31. The van der Waals surface area contributed by atoms with Gasteiger partial charge in [-0.25, -0.2) is 13.6 Å². The van der Waals surface area contributed by atoms with Crippen LogP contribution in [0, 0.1) is 17.6 Å². The Bertz CT molecular complexity index is 803. The second-order valence-electron chi connectivity index (χ2n) is 6.75. The summed E-state index contributed by atoms with van der Waals surface area (Å²) < 4.78 is 32.0. The van der Waals surface area contributed by atoms with E-state index in [9.17, 15) is 18.4 Å². The molecule has 1 aromatic heterocycles. The Morgan fingerprint density at radius 3 is 2.61 bits per heavy atom. The third kappa shape index (κ3) is 5.09. The van der Waals surface area contributed by atoms with Gasteiger partial charge in [-0.05, 0) is 43.0 Å². The first-order chi connectivity index (χ1) is 13.5. The third-order valence-corrected chi connectivity index (χ3v) is 4.87. The highest BCUT2D eigenvalue weighted by Crippen LogP contribution is 2.18. The minimum Gasteiger partial charge on any atom is -0.467 e.